The van der Waals surface area contributed by atoms with Crippen LogP contribution < -0.4 is 0 Å². The normalized spacial score (nSPS) is 29.4. The molecule has 94 valence electrons. The highest BCUT2D eigenvalue weighted by molar-refractivity contribution is 6.75. The van der Waals surface area contributed by atoms with Crippen LogP contribution in [-0.4, -0.2) is 40.8 Å². The summed E-state index contributed by atoms with van der Waals surface area (Å²) in [6.45, 7) is 2.10. The van der Waals surface area contributed by atoms with E-state index in [1.165, 1.54) is 0 Å². The van der Waals surface area contributed by atoms with E-state index in [-0.39, 0.29) is 0 Å². The van der Waals surface area contributed by atoms with Crippen molar-refractivity contribution < 1.29 is 13.6 Å². The molecule has 4 nitrogen and oxygen atoms in total. The average Bonchev–Trinajstić information content (AvgIpc) is 2.32. The van der Waals surface area contributed by atoms with Crippen molar-refractivity contribution in [2.45, 2.75) is 43.9 Å². The van der Waals surface area contributed by atoms with Gasteiger partial charge in [-0.05, 0) is 25.3 Å². The molecule has 1 aliphatic rings. The number of ether oxygens (including phenoxy) is 1. The summed E-state index contributed by atoms with van der Waals surface area (Å²) < 4.78 is 17.1. The third-order valence-corrected chi connectivity index (χ3v) is 7.96. The lowest BCUT2D eigenvalue weighted by atomic mass is 10.0. The lowest BCUT2D eigenvalue weighted by Gasteiger charge is -2.48. The minimum atomic E-state index is -2.44. The highest BCUT2D eigenvalue weighted by Crippen LogP contribution is 2.40. The maximum atomic E-state index is 8.21. The zero-order chi connectivity index (χ0) is 12.2. The third kappa shape index (κ3) is 1.86. The van der Waals surface area contributed by atoms with Crippen molar-refractivity contribution in [1.29, 1.82) is 5.41 Å². The Bertz CT molecular complexity index is 256. The van der Waals surface area contributed by atoms with Crippen LogP contribution in [0.2, 0.25) is 6.04 Å². The molecule has 0 amide bonds. The van der Waals surface area contributed by atoms with Crippen LogP contribution in [0.5, 0.6) is 0 Å². The van der Waals surface area contributed by atoms with E-state index in [1.807, 2.05) is 0 Å². The monoisotopic (exact) mass is 245 g/mol. The molecule has 1 heterocycles. The first-order valence-electron chi connectivity index (χ1n) is 5.85. The van der Waals surface area contributed by atoms with Crippen molar-refractivity contribution in [3.05, 3.63) is 0 Å². The molecule has 1 rings (SSSR count). The Morgan fingerprint density at radius 1 is 1.31 bits per heavy atom. The standard InChI is InChI=1S/C11H23NO3Si/c1-5-8-11(13-2)10(12)7-6-9-16(11,14-3)15-4/h12H,5-9H2,1-4H3. The first-order valence-corrected chi connectivity index (χ1v) is 7.88. The molecule has 1 unspecified atom stereocenters. The zero-order valence-corrected chi connectivity index (χ0v) is 11.8. The smallest absolute Gasteiger partial charge is 0.376 e. The molecule has 1 N–H and O–H groups in total. The van der Waals surface area contributed by atoms with Crippen LogP contribution in [0.4, 0.5) is 0 Å². The number of methoxy groups -OCH3 is 1. The number of hydrogen-bond donors (Lipinski definition) is 1. The SMILES string of the molecule is CCCC1(OC)C(=N)CCC[Si]1(OC)OC. The van der Waals surface area contributed by atoms with Crippen molar-refractivity contribution in [3.8, 4) is 0 Å². The number of hydrogen-bond acceptors (Lipinski definition) is 4. The third-order valence-electron chi connectivity index (χ3n) is 3.65. The summed E-state index contributed by atoms with van der Waals surface area (Å²) in [5, 5.41) is 7.63. The minimum Gasteiger partial charge on any atom is -0.396 e. The largest absolute Gasteiger partial charge is 0.396 e. The van der Waals surface area contributed by atoms with Gasteiger partial charge >= 0.3 is 8.56 Å². The van der Waals surface area contributed by atoms with Gasteiger partial charge in [-0.2, -0.15) is 0 Å². The Morgan fingerprint density at radius 2 is 1.94 bits per heavy atom. The van der Waals surface area contributed by atoms with Crippen LogP contribution in [-0.2, 0) is 13.6 Å². The van der Waals surface area contributed by atoms with Crippen LogP contribution in [0, 0.1) is 5.41 Å². The average molecular weight is 245 g/mol. The van der Waals surface area contributed by atoms with Crippen LogP contribution in [0.15, 0.2) is 0 Å². The Hall–Kier alpha value is -0.233. The van der Waals surface area contributed by atoms with Gasteiger partial charge in [0.15, 0.2) is 0 Å². The van der Waals surface area contributed by atoms with Gasteiger partial charge < -0.3 is 19.0 Å². The molecule has 1 saturated heterocycles. The Labute approximate surface area is 99.0 Å². The Balaban J connectivity index is 3.15. The van der Waals surface area contributed by atoms with Crippen molar-refractivity contribution in [2.24, 2.45) is 0 Å². The molecule has 0 aromatic rings. The number of rotatable bonds is 5. The highest BCUT2D eigenvalue weighted by Gasteiger charge is 2.61. The maximum absolute atomic E-state index is 8.21. The molecular weight excluding hydrogens is 222 g/mol. The van der Waals surface area contributed by atoms with Crippen molar-refractivity contribution in [3.63, 3.8) is 0 Å². The van der Waals surface area contributed by atoms with E-state index < -0.39 is 13.8 Å². The van der Waals surface area contributed by atoms with Gasteiger partial charge in [-0.25, -0.2) is 0 Å². The molecule has 1 aliphatic heterocycles. The van der Waals surface area contributed by atoms with Crippen LogP contribution >= 0.6 is 0 Å². The highest BCUT2D eigenvalue weighted by atomic mass is 28.4. The van der Waals surface area contributed by atoms with Crippen molar-refractivity contribution >= 4 is 14.3 Å². The first kappa shape index (κ1) is 13.8. The van der Waals surface area contributed by atoms with E-state index in [1.54, 1.807) is 21.3 Å². The Kier molecular flexibility index (Phi) is 4.67. The summed E-state index contributed by atoms with van der Waals surface area (Å²) in [4.78, 5) is 0. The fourth-order valence-corrected chi connectivity index (χ4v) is 6.63. The molecule has 0 radical (unpaired) electrons. The fourth-order valence-electron chi connectivity index (χ4n) is 2.82. The number of nitrogens with one attached hydrogen (secondary N) is 1. The molecule has 0 aliphatic carbocycles. The second-order valence-electron chi connectivity index (χ2n) is 4.27. The summed E-state index contributed by atoms with van der Waals surface area (Å²) >= 11 is 0. The van der Waals surface area contributed by atoms with Gasteiger partial charge in [0, 0.05) is 27.0 Å². The summed E-state index contributed by atoms with van der Waals surface area (Å²) in [5.41, 5.74) is 0.651. The van der Waals surface area contributed by atoms with Crippen molar-refractivity contribution in [2.75, 3.05) is 21.3 Å². The predicted molar refractivity (Wildman–Crippen MR) is 66.2 cm³/mol. The van der Waals surface area contributed by atoms with Crippen LogP contribution in [0.3, 0.4) is 0 Å². The minimum absolute atomic E-state index is 0.580. The van der Waals surface area contributed by atoms with Gasteiger partial charge in [0.05, 0.1) is 0 Å². The van der Waals surface area contributed by atoms with Crippen LogP contribution in [0.1, 0.15) is 32.6 Å². The predicted octanol–water partition coefficient (Wildman–Crippen LogP) is 2.26. The molecule has 1 atom stereocenters. The van der Waals surface area contributed by atoms with Crippen molar-refractivity contribution in [1.82, 2.24) is 0 Å². The van der Waals surface area contributed by atoms with Crippen LogP contribution in [0.25, 0.3) is 0 Å². The van der Waals surface area contributed by atoms with Gasteiger partial charge in [-0.3, -0.25) is 0 Å². The molecule has 5 heteroatoms. The van der Waals surface area contributed by atoms with Gasteiger partial charge in [0.1, 0.15) is 5.22 Å². The van der Waals surface area contributed by atoms with E-state index in [0.29, 0.717) is 5.71 Å². The second-order valence-corrected chi connectivity index (χ2v) is 7.90. The summed E-state index contributed by atoms with van der Waals surface area (Å²) in [6.07, 6.45) is 3.56. The molecule has 0 aromatic heterocycles. The fraction of sp³-hybridized carbons (Fsp3) is 0.909. The van der Waals surface area contributed by atoms with E-state index in [4.69, 9.17) is 19.0 Å². The summed E-state index contributed by atoms with van der Waals surface area (Å²) in [6, 6.07) is 0.913. The van der Waals surface area contributed by atoms with E-state index in [9.17, 15) is 0 Å². The Morgan fingerprint density at radius 3 is 2.38 bits per heavy atom. The first-order chi connectivity index (χ1) is 7.62. The van der Waals surface area contributed by atoms with Gasteiger partial charge in [0.2, 0.25) is 0 Å². The summed E-state index contributed by atoms with van der Waals surface area (Å²) in [5.74, 6) is 0. The second kappa shape index (κ2) is 5.40. The molecule has 0 bridgehead atoms. The van der Waals surface area contributed by atoms with E-state index >= 15 is 0 Å². The van der Waals surface area contributed by atoms with Gasteiger partial charge in [-0.1, -0.05) is 13.3 Å². The molecule has 0 aromatic carbocycles. The molecule has 0 saturated carbocycles. The molecule has 1 fully saturated rings. The topological polar surface area (TPSA) is 51.5 Å². The maximum Gasteiger partial charge on any atom is 0.376 e. The summed E-state index contributed by atoms with van der Waals surface area (Å²) in [7, 11) is 2.62. The van der Waals surface area contributed by atoms with Gasteiger partial charge in [0.25, 0.3) is 0 Å². The zero-order valence-electron chi connectivity index (χ0n) is 10.8. The lowest BCUT2D eigenvalue weighted by molar-refractivity contribution is 0.0431. The van der Waals surface area contributed by atoms with E-state index in [2.05, 4.69) is 6.92 Å². The van der Waals surface area contributed by atoms with Gasteiger partial charge in [-0.15, -0.1) is 0 Å². The van der Waals surface area contributed by atoms with E-state index in [0.717, 1.165) is 31.7 Å². The quantitative estimate of drug-likeness (QED) is 0.756. The lowest BCUT2D eigenvalue weighted by Crippen LogP contribution is -2.68. The molecule has 0 spiro atoms. The molecular formula is C11H23NO3Si. The molecule has 16 heavy (non-hydrogen) atoms.